The molecule has 0 bridgehead atoms. The Labute approximate surface area is 102 Å². The third-order valence-corrected chi connectivity index (χ3v) is 1.67. The van der Waals surface area contributed by atoms with Crippen molar-refractivity contribution in [2.75, 3.05) is 10.6 Å². The van der Waals surface area contributed by atoms with E-state index in [2.05, 4.69) is 44.1 Å². The van der Waals surface area contributed by atoms with Crippen LogP contribution in [0.2, 0.25) is 0 Å². The minimum Gasteiger partial charge on any atom is -0.298 e. The molecule has 0 aliphatic heterocycles. The highest BCUT2D eigenvalue weighted by Crippen LogP contribution is 2.14. The molecule has 1 rings (SSSR count). The van der Waals surface area contributed by atoms with Crippen LogP contribution >= 0.6 is 0 Å². The zero-order valence-corrected chi connectivity index (χ0v) is 9.25. The van der Waals surface area contributed by atoms with E-state index in [1.165, 1.54) is 0 Å². The van der Waals surface area contributed by atoms with Crippen molar-refractivity contribution in [3.8, 4) is 0 Å². The van der Waals surface area contributed by atoms with Crippen LogP contribution in [0.4, 0.5) is 21.0 Å². The number of nitrogens with one attached hydrogen (secondary N) is 2. The van der Waals surface area contributed by atoms with Crippen molar-refractivity contribution in [3.05, 3.63) is 24.3 Å². The highest BCUT2D eigenvalue weighted by Gasteiger charge is 2.04. The molecular weight excluding hydrogens is 240 g/mol. The van der Waals surface area contributed by atoms with Gasteiger partial charge in [0.25, 0.3) is 0 Å². The lowest BCUT2D eigenvalue weighted by Gasteiger charge is -2.05. The zero-order valence-electron chi connectivity index (χ0n) is 9.25. The van der Waals surface area contributed by atoms with Crippen molar-refractivity contribution in [3.63, 3.8) is 0 Å². The van der Waals surface area contributed by atoms with Gasteiger partial charge >= 0.3 is 12.2 Å². The van der Waals surface area contributed by atoms with E-state index in [4.69, 9.17) is 0 Å². The molecule has 18 heavy (non-hydrogen) atoms. The third-order valence-electron chi connectivity index (χ3n) is 1.67. The second kappa shape index (κ2) is 6.63. The summed E-state index contributed by atoms with van der Waals surface area (Å²) < 4.78 is 0. The molecule has 0 unspecified atom stereocenters. The van der Waals surface area contributed by atoms with E-state index in [9.17, 15) is 9.59 Å². The molecule has 0 aliphatic rings. The van der Waals surface area contributed by atoms with Gasteiger partial charge in [0.15, 0.2) is 0 Å². The Morgan fingerprint density at radius 1 is 0.889 bits per heavy atom. The monoisotopic (exact) mass is 250 g/mol. The smallest absolute Gasteiger partial charge is 0.298 e. The summed E-state index contributed by atoms with van der Waals surface area (Å²) in [5.74, 6) is 0. The second-order valence-electron chi connectivity index (χ2n) is 2.84. The van der Waals surface area contributed by atoms with Gasteiger partial charge in [0.1, 0.15) is 0 Å². The largest absolute Gasteiger partial charge is 0.437 e. The lowest BCUT2D eigenvalue weighted by molar-refractivity contribution is 0.167. The summed E-state index contributed by atoms with van der Waals surface area (Å²) in [4.78, 5) is 30.4. The Kier molecular flexibility index (Phi) is 4.85. The second-order valence-corrected chi connectivity index (χ2v) is 2.84. The number of hydrogen-bond donors (Lipinski definition) is 2. The van der Waals surface area contributed by atoms with E-state index in [1.54, 1.807) is 24.3 Å². The molecule has 8 nitrogen and oxygen atoms in total. The Morgan fingerprint density at radius 2 is 1.22 bits per heavy atom. The summed E-state index contributed by atoms with van der Waals surface area (Å²) in [6, 6.07) is 6.17. The van der Waals surface area contributed by atoms with Crippen molar-refractivity contribution in [1.82, 2.24) is 0 Å². The van der Waals surface area contributed by atoms with Gasteiger partial charge in [0, 0.05) is 24.8 Å². The van der Waals surface area contributed by atoms with Crippen LogP contribution < -0.4 is 10.6 Å². The number of nitrogens with zero attached hydrogens (tertiary/aromatic N) is 2. The van der Waals surface area contributed by atoms with Gasteiger partial charge in [-0.1, -0.05) is 10.3 Å². The molecule has 1 aromatic rings. The predicted molar refractivity (Wildman–Crippen MR) is 65.7 cm³/mol. The quantitative estimate of drug-likeness (QED) is 0.484. The minimum atomic E-state index is -0.763. The molecule has 8 heteroatoms. The van der Waals surface area contributed by atoms with Gasteiger partial charge in [0.05, 0.1) is 0 Å². The van der Waals surface area contributed by atoms with Gasteiger partial charge < -0.3 is 0 Å². The lowest BCUT2D eigenvalue weighted by Crippen LogP contribution is -2.12. The summed E-state index contributed by atoms with van der Waals surface area (Å²) in [6.45, 7) is 6.00. The lowest BCUT2D eigenvalue weighted by atomic mass is 10.3. The Bertz CT molecular complexity index is 414. The predicted octanol–water partition coefficient (Wildman–Crippen LogP) is 2.01. The molecule has 0 aliphatic carbocycles. The number of hydrogen-bond acceptors (Lipinski definition) is 6. The molecule has 0 saturated heterocycles. The van der Waals surface area contributed by atoms with Gasteiger partial charge in [-0.3, -0.25) is 20.3 Å². The fourth-order valence-corrected chi connectivity index (χ4v) is 1.04. The third kappa shape index (κ3) is 4.31. The molecule has 0 radical (unpaired) electrons. The van der Waals surface area contributed by atoms with Crippen LogP contribution in [-0.2, 0) is 9.68 Å². The molecule has 94 valence electrons. The molecule has 2 amide bonds. The highest BCUT2D eigenvalue weighted by molar-refractivity contribution is 5.87. The Balaban J connectivity index is 2.57. The number of carbonyl (C=O) groups is 2. The molecule has 1 aromatic carbocycles. The number of benzene rings is 1. The van der Waals surface area contributed by atoms with Crippen LogP contribution in [0.1, 0.15) is 0 Å². The minimum absolute atomic E-state index is 0.462. The maximum atomic E-state index is 11.0. The number of rotatable bonds is 4. The van der Waals surface area contributed by atoms with Gasteiger partial charge in [-0.15, -0.1) is 0 Å². The average molecular weight is 250 g/mol. The molecular formula is C10H10N4O4. The SMILES string of the molecule is C=NOC(=O)Nc1ccc(NC(=O)ON=C)cc1. The number of oxime groups is 2. The molecule has 0 fully saturated rings. The van der Waals surface area contributed by atoms with Gasteiger partial charge in [-0.05, 0) is 24.3 Å². The first-order chi connectivity index (χ1) is 8.65. The fraction of sp³-hybridized carbons (Fsp3) is 0. The van der Waals surface area contributed by atoms with Gasteiger partial charge in [0.2, 0.25) is 0 Å². The van der Waals surface area contributed by atoms with E-state index >= 15 is 0 Å². The topological polar surface area (TPSA) is 101 Å². The number of carbonyl (C=O) groups excluding carboxylic acids is 2. The van der Waals surface area contributed by atoms with Crippen LogP contribution in [0, 0.1) is 0 Å². The Morgan fingerprint density at radius 3 is 1.50 bits per heavy atom. The van der Waals surface area contributed by atoms with E-state index in [-0.39, 0.29) is 0 Å². The summed E-state index contributed by atoms with van der Waals surface area (Å²) >= 11 is 0. The molecule has 0 atom stereocenters. The summed E-state index contributed by atoms with van der Waals surface area (Å²) in [7, 11) is 0. The average Bonchev–Trinajstić information content (AvgIpc) is 2.32. The van der Waals surface area contributed by atoms with Gasteiger partial charge in [-0.2, -0.15) is 0 Å². The maximum Gasteiger partial charge on any atom is 0.437 e. The summed E-state index contributed by atoms with van der Waals surface area (Å²) in [6.07, 6.45) is -1.53. The van der Waals surface area contributed by atoms with Crippen molar-refractivity contribution in [1.29, 1.82) is 0 Å². The summed E-state index contributed by atoms with van der Waals surface area (Å²) in [5, 5.41) is 10.7. The Hall–Kier alpha value is -2.90. The number of anilines is 2. The first kappa shape index (κ1) is 13.2. The van der Waals surface area contributed by atoms with Crippen molar-refractivity contribution in [2.24, 2.45) is 10.3 Å². The standard InChI is InChI=1S/C10H10N4O4/c1-11-17-9(15)13-7-3-5-8(6-4-7)14-10(16)18-12-2/h3-6H,1-2H2,(H,13,15)(H,14,16). The van der Waals surface area contributed by atoms with Crippen molar-refractivity contribution in [2.45, 2.75) is 0 Å². The van der Waals surface area contributed by atoms with Crippen LogP contribution in [0.15, 0.2) is 34.6 Å². The molecule has 2 N–H and O–H groups in total. The molecule has 0 aromatic heterocycles. The zero-order chi connectivity index (χ0) is 13.4. The van der Waals surface area contributed by atoms with Crippen molar-refractivity contribution >= 4 is 37.0 Å². The van der Waals surface area contributed by atoms with Crippen molar-refractivity contribution < 1.29 is 19.3 Å². The van der Waals surface area contributed by atoms with E-state index < -0.39 is 12.2 Å². The molecule has 0 saturated carbocycles. The van der Waals surface area contributed by atoms with E-state index in [1.807, 2.05) is 0 Å². The summed E-state index contributed by atoms with van der Waals surface area (Å²) in [5.41, 5.74) is 0.925. The van der Waals surface area contributed by atoms with E-state index in [0.29, 0.717) is 11.4 Å². The normalized spacial score (nSPS) is 8.89. The molecule has 0 heterocycles. The first-order valence-electron chi connectivity index (χ1n) is 4.64. The molecule has 0 spiro atoms. The number of amides is 2. The fourth-order valence-electron chi connectivity index (χ4n) is 1.04. The van der Waals surface area contributed by atoms with Crippen LogP contribution in [0.5, 0.6) is 0 Å². The van der Waals surface area contributed by atoms with E-state index in [0.717, 1.165) is 0 Å². The highest BCUT2D eigenvalue weighted by atomic mass is 16.7. The van der Waals surface area contributed by atoms with Crippen LogP contribution in [-0.4, -0.2) is 25.6 Å². The van der Waals surface area contributed by atoms with Gasteiger partial charge in [-0.25, -0.2) is 9.59 Å². The van der Waals surface area contributed by atoms with Crippen LogP contribution in [0.3, 0.4) is 0 Å². The first-order valence-corrected chi connectivity index (χ1v) is 4.64. The van der Waals surface area contributed by atoms with Crippen LogP contribution in [0.25, 0.3) is 0 Å². The maximum absolute atomic E-state index is 11.0.